The summed E-state index contributed by atoms with van der Waals surface area (Å²) >= 11 is 0. The Morgan fingerprint density at radius 2 is 1.78 bits per heavy atom. The molecule has 3 aromatic rings. The number of esters is 1. The van der Waals surface area contributed by atoms with E-state index in [1.807, 2.05) is 12.1 Å². The predicted octanol–water partition coefficient (Wildman–Crippen LogP) is 5.69. The molecule has 196 valence electrons. The summed E-state index contributed by atoms with van der Waals surface area (Å²) in [6.07, 6.45) is -5.23. The first kappa shape index (κ1) is 26.2. The van der Waals surface area contributed by atoms with Crippen molar-refractivity contribution in [2.24, 2.45) is 0 Å². The number of hydrogen-bond acceptors (Lipinski definition) is 6. The Kier molecular flexibility index (Phi) is 7.47. The summed E-state index contributed by atoms with van der Waals surface area (Å²) in [7, 11) is 0. The van der Waals surface area contributed by atoms with Gasteiger partial charge in [-0.25, -0.2) is 4.39 Å². The molecular formula is C26H30F4N2O4. The number of nitrogens with one attached hydrogen (secondary N) is 1. The van der Waals surface area contributed by atoms with E-state index in [-0.39, 0.29) is 17.8 Å². The molecule has 2 aromatic carbocycles. The number of furan rings is 1. The van der Waals surface area contributed by atoms with Crippen LogP contribution < -0.4 is 10.2 Å². The molecule has 2 unspecified atom stereocenters. The van der Waals surface area contributed by atoms with Gasteiger partial charge in [0.15, 0.2) is 0 Å². The van der Waals surface area contributed by atoms with Crippen molar-refractivity contribution in [3.05, 3.63) is 42.0 Å². The van der Waals surface area contributed by atoms with Gasteiger partial charge < -0.3 is 18.8 Å². The van der Waals surface area contributed by atoms with Crippen LogP contribution in [0.1, 0.15) is 38.8 Å². The van der Waals surface area contributed by atoms with Crippen LogP contribution in [0.5, 0.6) is 0 Å². The number of fused-ring (bicyclic) bond motifs is 3. The van der Waals surface area contributed by atoms with E-state index < -0.39 is 36.3 Å². The number of benzene rings is 2. The normalized spacial score (nSPS) is 16.9. The van der Waals surface area contributed by atoms with E-state index in [0.717, 1.165) is 24.2 Å². The maximum atomic E-state index is 14.3. The number of alkyl halides is 4. The van der Waals surface area contributed by atoms with E-state index in [4.69, 9.17) is 13.9 Å². The van der Waals surface area contributed by atoms with E-state index in [9.17, 15) is 22.4 Å². The number of anilines is 1. The van der Waals surface area contributed by atoms with Crippen molar-refractivity contribution >= 4 is 33.6 Å². The van der Waals surface area contributed by atoms with Crippen LogP contribution in [0, 0.1) is 0 Å². The minimum absolute atomic E-state index is 0.0300. The minimum atomic E-state index is -4.76. The van der Waals surface area contributed by atoms with Crippen LogP contribution in [-0.4, -0.2) is 56.8 Å². The van der Waals surface area contributed by atoms with Gasteiger partial charge in [-0.3, -0.25) is 10.1 Å². The molecule has 2 atom stereocenters. The molecule has 1 fully saturated rings. The molecule has 0 spiro atoms. The van der Waals surface area contributed by atoms with Crippen LogP contribution in [0.2, 0.25) is 0 Å². The van der Waals surface area contributed by atoms with Gasteiger partial charge in [0.25, 0.3) is 0 Å². The lowest BCUT2D eigenvalue weighted by Gasteiger charge is -2.29. The number of carbonyl (C=O) groups is 1. The Bertz CT molecular complexity index is 1210. The molecule has 2 heterocycles. The number of nitrogens with zero attached hydrogens (tertiary/aromatic N) is 1. The first-order chi connectivity index (χ1) is 17.0. The van der Waals surface area contributed by atoms with Crippen LogP contribution in [0.25, 0.3) is 21.9 Å². The third kappa shape index (κ3) is 5.92. The van der Waals surface area contributed by atoms with E-state index >= 15 is 0 Å². The van der Waals surface area contributed by atoms with Crippen molar-refractivity contribution in [1.29, 1.82) is 0 Å². The summed E-state index contributed by atoms with van der Waals surface area (Å²) in [4.78, 5) is 14.5. The Morgan fingerprint density at radius 3 is 2.42 bits per heavy atom. The molecule has 1 aliphatic heterocycles. The van der Waals surface area contributed by atoms with Gasteiger partial charge in [0.05, 0.1) is 19.8 Å². The Labute approximate surface area is 206 Å². The molecule has 1 aliphatic rings. The molecule has 0 saturated carbocycles. The van der Waals surface area contributed by atoms with E-state index in [2.05, 4.69) is 10.2 Å². The highest BCUT2D eigenvalue weighted by Gasteiger charge is 2.44. The number of rotatable bonds is 8. The number of hydrogen-bond donors (Lipinski definition) is 1. The summed E-state index contributed by atoms with van der Waals surface area (Å²) in [5, 5.41) is 3.77. The van der Waals surface area contributed by atoms with Crippen LogP contribution >= 0.6 is 0 Å². The van der Waals surface area contributed by atoms with E-state index in [1.165, 1.54) is 32.9 Å². The second-order valence-corrected chi connectivity index (χ2v) is 9.51. The molecule has 1 N–H and O–H groups in total. The van der Waals surface area contributed by atoms with E-state index in [1.54, 1.807) is 12.1 Å². The van der Waals surface area contributed by atoms with Gasteiger partial charge in [-0.05, 0) is 50.6 Å². The molecule has 1 saturated heterocycles. The van der Waals surface area contributed by atoms with Crippen LogP contribution in [0.3, 0.4) is 0 Å². The first-order valence-corrected chi connectivity index (χ1v) is 11.9. The van der Waals surface area contributed by atoms with Crippen molar-refractivity contribution in [1.82, 2.24) is 5.32 Å². The first-order valence-electron chi connectivity index (χ1n) is 11.9. The monoisotopic (exact) mass is 510 g/mol. The zero-order valence-corrected chi connectivity index (χ0v) is 20.5. The SMILES string of the molecule is CCOC(=O)C(CC(C)(C)F)NC(c1ccc2c(c1)oc1ccc(N3CCOCC3)cc12)C(F)(F)F. The standard InChI is InChI=1S/C26H30F4N2O4/c1-4-35-24(33)20(15-25(2,3)27)31-23(26(28,29)30)16-5-7-18-19-14-17(32-9-11-34-12-10-32)6-8-21(19)36-22(18)13-16/h5-8,13-14,20,23,31H,4,9-12,15H2,1-3H3. The van der Waals surface area contributed by atoms with Crippen LogP contribution in [0.4, 0.5) is 23.2 Å². The molecule has 0 radical (unpaired) electrons. The summed E-state index contributed by atoms with van der Waals surface area (Å²) in [6, 6.07) is 6.23. The minimum Gasteiger partial charge on any atom is -0.465 e. The maximum absolute atomic E-state index is 14.3. The van der Waals surface area contributed by atoms with Gasteiger partial charge in [0.2, 0.25) is 0 Å². The summed E-state index contributed by atoms with van der Waals surface area (Å²) < 4.78 is 73.0. The number of ether oxygens (including phenoxy) is 2. The fraction of sp³-hybridized carbons (Fsp3) is 0.500. The van der Waals surface area contributed by atoms with Crippen molar-refractivity contribution in [3.63, 3.8) is 0 Å². The summed E-state index contributed by atoms with van der Waals surface area (Å²) in [5.41, 5.74) is -0.205. The zero-order valence-electron chi connectivity index (χ0n) is 20.5. The van der Waals surface area contributed by atoms with Gasteiger partial charge in [-0.15, -0.1) is 0 Å². The lowest BCUT2D eigenvalue weighted by atomic mass is 9.97. The quantitative estimate of drug-likeness (QED) is 0.311. The van der Waals surface area contributed by atoms with Crippen molar-refractivity contribution in [2.75, 3.05) is 37.8 Å². The summed E-state index contributed by atoms with van der Waals surface area (Å²) in [6.45, 7) is 6.68. The average Bonchev–Trinajstić information content (AvgIpc) is 3.18. The number of morpholine rings is 1. The molecule has 6 nitrogen and oxygen atoms in total. The molecule has 4 rings (SSSR count). The molecule has 36 heavy (non-hydrogen) atoms. The highest BCUT2D eigenvalue weighted by molar-refractivity contribution is 6.06. The zero-order chi connectivity index (χ0) is 26.1. The lowest BCUT2D eigenvalue weighted by Crippen LogP contribution is -2.47. The summed E-state index contributed by atoms with van der Waals surface area (Å²) in [5.74, 6) is -0.932. The molecule has 0 bridgehead atoms. The largest absolute Gasteiger partial charge is 0.465 e. The number of carbonyl (C=O) groups excluding carboxylic acids is 1. The smallest absolute Gasteiger partial charge is 0.407 e. The second kappa shape index (κ2) is 10.3. The Morgan fingerprint density at radius 1 is 1.06 bits per heavy atom. The molecule has 0 aliphatic carbocycles. The molecule has 1 aromatic heterocycles. The number of halogens is 4. The van der Waals surface area contributed by atoms with Gasteiger partial charge in [0, 0.05) is 36.0 Å². The molecular weight excluding hydrogens is 480 g/mol. The van der Waals surface area contributed by atoms with Crippen LogP contribution in [0.15, 0.2) is 40.8 Å². The van der Waals surface area contributed by atoms with Crippen molar-refractivity contribution in [3.8, 4) is 0 Å². The lowest BCUT2D eigenvalue weighted by molar-refractivity contribution is -0.165. The average molecular weight is 511 g/mol. The second-order valence-electron chi connectivity index (χ2n) is 9.51. The van der Waals surface area contributed by atoms with Gasteiger partial charge in [-0.1, -0.05) is 12.1 Å². The Hall–Kier alpha value is -2.85. The molecule has 10 heteroatoms. The highest BCUT2D eigenvalue weighted by Crippen LogP contribution is 2.38. The fourth-order valence-electron chi connectivity index (χ4n) is 4.50. The van der Waals surface area contributed by atoms with Crippen molar-refractivity contribution in [2.45, 2.75) is 51.1 Å². The predicted molar refractivity (Wildman–Crippen MR) is 129 cm³/mol. The Balaban J connectivity index is 1.69. The third-order valence-corrected chi connectivity index (χ3v) is 6.14. The van der Waals surface area contributed by atoms with Gasteiger partial charge in [-0.2, -0.15) is 13.2 Å². The van der Waals surface area contributed by atoms with Crippen LogP contribution in [-0.2, 0) is 14.3 Å². The maximum Gasteiger partial charge on any atom is 0.407 e. The van der Waals surface area contributed by atoms with Gasteiger partial charge >= 0.3 is 12.1 Å². The topological polar surface area (TPSA) is 63.9 Å². The fourth-order valence-corrected chi connectivity index (χ4v) is 4.50. The third-order valence-electron chi connectivity index (χ3n) is 6.14. The highest BCUT2D eigenvalue weighted by atomic mass is 19.4. The van der Waals surface area contributed by atoms with E-state index in [0.29, 0.717) is 24.2 Å². The molecule has 0 amide bonds. The van der Waals surface area contributed by atoms with Crippen molar-refractivity contribution < 1.29 is 36.2 Å². The van der Waals surface area contributed by atoms with Gasteiger partial charge in [0.1, 0.15) is 28.9 Å².